The van der Waals surface area contributed by atoms with Crippen LogP contribution in [-0.4, -0.2) is 17.0 Å². The standard InChI is InChI=1S/C18H17BrN4/c1-13-8-9-14(12-16(13)19)21-17-10-11-20-18(22-17)23(2)15-6-4-3-5-7-15/h3-12H,1-2H3,(H,20,21,22). The van der Waals surface area contributed by atoms with Gasteiger partial charge in [0.2, 0.25) is 5.95 Å². The van der Waals surface area contributed by atoms with Gasteiger partial charge in [-0.05, 0) is 42.8 Å². The highest BCUT2D eigenvalue weighted by Gasteiger charge is 2.07. The van der Waals surface area contributed by atoms with Gasteiger partial charge in [0.05, 0.1) is 0 Å². The van der Waals surface area contributed by atoms with Gasteiger partial charge in [0.25, 0.3) is 0 Å². The topological polar surface area (TPSA) is 41.1 Å². The van der Waals surface area contributed by atoms with Crippen LogP contribution in [0.25, 0.3) is 0 Å². The van der Waals surface area contributed by atoms with E-state index >= 15 is 0 Å². The lowest BCUT2D eigenvalue weighted by atomic mass is 10.2. The summed E-state index contributed by atoms with van der Waals surface area (Å²) in [5.41, 5.74) is 3.22. The van der Waals surface area contributed by atoms with Gasteiger partial charge in [0, 0.05) is 29.1 Å². The predicted molar refractivity (Wildman–Crippen MR) is 98.7 cm³/mol. The Morgan fingerprint density at radius 1 is 1.04 bits per heavy atom. The Labute approximate surface area is 144 Å². The molecule has 0 aliphatic heterocycles. The van der Waals surface area contributed by atoms with Crippen LogP contribution in [0.2, 0.25) is 0 Å². The van der Waals surface area contributed by atoms with Gasteiger partial charge in [0.15, 0.2) is 0 Å². The summed E-state index contributed by atoms with van der Waals surface area (Å²) in [4.78, 5) is 10.9. The summed E-state index contributed by atoms with van der Waals surface area (Å²) in [6.45, 7) is 2.06. The zero-order chi connectivity index (χ0) is 16.2. The molecule has 3 rings (SSSR count). The molecule has 0 unspecified atom stereocenters. The second-order valence-corrected chi connectivity index (χ2v) is 6.08. The molecule has 0 bridgehead atoms. The van der Waals surface area contributed by atoms with Crippen LogP contribution in [-0.2, 0) is 0 Å². The van der Waals surface area contributed by atoms with E-state index in [1.807, 2.05) is 60.5 Å². The molecule has 5 heteroatoms. The molecule has 3 aromatic rings. The fraction of sp³-hybridized carbons (Fsp3) is 0.111. The molecule has 0 amide bonds. The maximum absolute atomic E-state index is 4.58. The van der Waals surface area contributed by atoms with Gasteiger partial charge in [-0.25, -0.2) is 4.98 Å². The molecule has 4 nitrogen and oxygen atoms in total. The number of aromatic nitrogens is 2. The lowest BCUT2D eigenvalue weighted by Crippen LogP contribution is -2.13. The van der Waals surface area contributed by atoms with Crippen molar-refractivity contribution < 1.29 is 0 Å². The molecule has 0 saturated carbocycles. The number of benzene rings is 2. The van der Waals surface area contributed by atoms with E-state index in [0.29, 0.717) is 5.95 Å². The van der Waals surface area contributed by atoms with Crippen molar-refractivity contribution >= 4 is 39.1 Å². The lowest BCUT2D eigenvalue weighted by Gasteiger charge is -2.17. The third kappa shape index (κ3) is 3.68. The molecule has 1 heterocycles. The molecule has 0 atom stereocenters. The number of aryl methyl sites for hydroxylation is 1. The largest absolute Gasteiger partial charge is 0.340 e. The first-order valence-corrected chi connectivity index (χ1v) is 8.08. The van der Waals surface area contributed by atoms with Crippen LogP contribution in [0, 0.1) is 6.92 Å². The van der Waals surface area contributed by atoms with Crippen LogP contribution in [0.15, 0.2) is 65.3 Å². The molecule has 0 radical (unpaired) electrons. The van der Waals surface area contributed by atoms with Crippen molar-refractivity contribution in [1.82, 2.24) is 9.97 Å². The summed E-state index contributed by atoms with van der Waals surface area (Å²) in [5.74, 6) is 1.40. The van der Waals surface area contributed by atoms with Crippen molar-refractivity contribution in [3.05, 3.63) is 70.8 Å². The molecular weight excluding hydrogens is 352 g/mol. The Morgan fingerprint density at radius 3 is 2.57 bits per heavy atom. The van der Waals surface area contributed by atoms with Gasteiger partial charge in [0.1, 0.15) is 5.82 Å². The van der Waals surface area contributed by atoms with Crippen LogP contribution in [0.1, 0.15) is 5.56 Å². The van der Waals surface area contributed by atoms with Crippen molar-refractivity contribution in [3.63, 3.8) is 0 Å². The first-order chi connectivity index (χ1) is 11.1. The second-order valence-electron chi connectivity index (χ2n) is 5.23. The third-order valence-electron chi connectivity index (χ3n) is 3.53. The number of anilines is 4. The fourth-order valence-electron chi connectivity index (χ4n) is 2.17. The number of hydrogen-bond donors (Lipinski definition) is 1. The minimum atomic E-state index is 0.646. The number of nitrogens with one attached hydrogen (secondary N) is 1. The van der Waals surface area contributed by atoms with E-state index in [9.17, 15) is 0 Å². The number of hydrogen-bond acceptors (Lipinski definition) is 4. The van der Waals surface area contributed by atoms with Crippen LogP contribution in [0.3, 0.4) is 0 Å². The summed E-state index contributed by atoms with van der Waals surface area (Å²) >= 11 is 3.55. The van der Waals surface area contributed by atoms with Gasteiger partial charge in [-0.1, -0.05) is 40.2 Å². The first kappa shape index (κ1) is 15.5. The molecule has 1 N–H and O–H groups in total. The van der Waals surface area contributed by atoms with Gasteiger partial charge in [-0.2, -0.15) is 4.98 Å². The smallest absolute Gasteiger partial charge is 0.231 e. The number of para-hydroxylation sites is 1. The van der Waals surface area contributed by atoms with E-state index in [1.54, 1.807) is 6.20 Å². The van der Waals surface area contributed by atoms with Crippen molar-refractivity contribution in [2.24, 2.45) is 0 Å². The van der Waals surface area contributed by atoms with Crippen LogP contribution >= 0.6 is 15.9 Å². The van der Waals surface area contributed by atoms with Crippen LogP contribution in [0.4, 0.5) is 23.1 Å². The summed E-state index contributed by atoms with van der Waals surface area (Å²) in [6.07, 6.45) is 1.76. The molecule has 0 aliphatic rings. The van der Waals surface area contributed by atoms with Crippen molar-refractivity contribution in [2.45, 2.75) is 6.92 Å². The molecule has 0 spiro atoms. The van der Waals surface area contributed by atoms with E-state index in [4.69, 9.17) is 0 Å². The first-order valence-electron chi connectivity index (χ1n) is 7.28. The molecule has 0 saturated heterocycles. The van der Waals surface area contributed by atoms with E-state index in [2.05, 4.69) is 44.2 Å². The van der Waals surface area contributed by atoms with Gasteiger partial charge in [-0.3, -0.25) is 0 Å². The maximum Gasteiger partial charge on any atom is 0.231 e. The van der Waals surface area contributed by atoms with Gasteiger partial charge in [-0.15, -0.1) is 0 Å². The highest BCUT2D eigenvalue weighted by atomic mass is 79.9. The Balaban J connectivity index is 1.83. The van der Waals surface area contributed by atoms with E-state index in [0.717, 1.165) is 21.7 Å². The summed E-state index contributed by atoms with van der Waals surface area (Å²) in [5, 5.41) is 3.31. The molecule has 1 aromatic heterocycles. The number of nitrogens with zero attached hydrogens (tertiary/aromatic N) is 3. The minimum Gasteiger partial charge on any atom is -0.340 e. The molecule has 0 aliphatic carbocycles. The SMILES string of the molecule is Cc1ccc(Nc2ccnc(N(C)c3ccccc3)n2)cc1Br. The van der Waals surface area contributed by atoms with Gasteiger partial charge < -0.3 is 10.2 Å². The van der Waals surface area contributed by atoms with Crippen molar-refractivity contribution in [2.75, 3.05) is 17.3 Å². The third-order valence-corrected chi connectivity index (χ3v) is 4.38. The lowest BCUT2D eigenvalue weighted by molar-refractivity contribution is 1.04. The highest BCUT2D eigenvalue weighted by molar-refractivity contribution is 9.10. The molecule has 0 fully saturated rings. The van der Waals surface area contributed by atoms with Crippen LogP contribution in [0.5, 0.6) is 0 Å². The number of rotatable bonds is 4. The molecule has 116 valence electrons. The molecular formula is C18H17BrN4. The Kier molecular flexibility index (Phi) is 4.57. The normalized spacial score (nSPS) is 10.4. The Bertz CT molecular complexity index is 805. The molecule has 23 heavy (non-hydrogen) atoms. The zero-order valence-electron chi connectivity index (χ0n) is 13.0. The maximum atomic E-state index is 4.58. The van der Waals surface area contributed by atoms with Crippen molar-refractivity contribution in [1.29, 1.82) is 0 Å². The second kappa shape index (κ2) is 6.79. The monoisotopic (exact) mass is 368 g/mol. The highest BCUT2D eigenvalue weighted by Crippen LogP contribution is 2.24. The Hall–Kier alpha value is -2.40. The molecule has 2 aromatic carbocycles. The summed E-state index contributed by atoms with van der Waals surface area (Å²) in [7, 11) is 1.96. The van der Waals surface area contributed by atoms with Crippen LogP contribution < -0.4 is 10.2 Å². The number of halogens is 1. The van der Waals surface area contributed by atoms with Crippen molar-refractivity contribution in [3.8, 4) is 0 Å². The summed E-state index contributed by atoms with van der Waals surface area (Å²) < 4.78 is 1.07. The van der Waals surface area contributed by atoms with E-state index in [-0.39, 0.29) is 0 Å². The average Bonchev–Trinajstić information content (AvgIpc) is 2.58. The Morgan fingerprint density at radius 2 is 1.83 bits per heavy atom. The average molecular weight is 369 g/mol. The summed E-state index contributed by atoms with van der Waals surface area (Å²) in [6, 6.07) is 18.0. The van der Waals surface area contributed by atoms with E-state index < -0.39 is 0 Å². The minimum absolute atomic E-state index is 0.646. The fourth-order valence-corrected chi connectivity index (χ4v) is 2.54. The zero-order valence-corrected chi connectivity index (χ0v) is 14.6. The predicted octanol–water partition coefficient (Wildman–Crippen LogP) is 5.06. The van der Waals surface area contributed by atoms with E-state index in [1.165, 1.54) is 5.56 Å². The quantitative estimate of drug-likeness (QED) is 0.698. The van der Waals surface area contributed by atoms with Gasteiger partial charge >= 0.3 is 0 Å².